The number of halogens is 2. The van der Waals surface area contributed by atoms with Crippen LogP contribution < -0.4 is 10.1 Å². The fraction of sp³-hybridized carbons (Fsp3) is 0.706. The van der Waals surface area contributed by atoms with Crippen molar-refractivity contribution in [3.05, 3.63) is 29.3 Å². The van der Waals surface area contributed by atoms with Gasteiger partial charge in [0.15, 0.2) is 0 Å². The van der Waals surface area contributed by atoms with Crippen molar-refractivity contribution in [1.82, 2.24) is 20.0 Å². The van der Waals surface area contributed by atoms with Crippen LogP contribution in [-0.4, -0.2) is 88.6 Å². The number of amides is 4. The monoisotopic (exact) mass is 626 g/mol. The minimum absolute atomic E-state index is 0.155. The van der Waals surface area contributed by atoms with Crippen molar-refractivity contribution in [1.29, 1.82) is 0 Å². The molecule has 0 aromatic heterocycles. The van der Waals surface area contributed by atoms with E-state index in [1.807, 2.05) is 9.80 Å². The molecule has 11 heteroatoms. The van der Waals surface area contributed by atoms with Crippen LogP contribution in [-0.2, 0) is 20.9 Å². The van der Waals surface area contributed by atoms with Crippen LogP contribution in [0.1, 0.15) is 93.5 Å². The molecule has 3 atom stereocenters. The maximum Gasteiger partial charge on any atom is 0.266 e. The highest BCUT2D eigenvalue weighted by Gasteiger charge is 2.55. The average molecular weight is 627 g/mol. The van der Waals surface area contributed by atoms with Gasteiger partial charge in [-0.1, -0.05) is 19.8 Å². The topological polar surface area (TPSA) is 99.3 Å². The average Bonchev–Trinajstić information content (AvgIpc) is 3.57. The van der Waals surface area contributed by atoms with Crippen LogP contribution in [0.25, 0.3) is 0 Å². The van der Waals surface area contributed by atoms with E-state index in [2.05, 4.69) is 12.2 Å². The molecule has 0 bridgehead atoms. The zero-order valence-corrected chi connectivity index (χ0v) is 26.1. The molecule has 5 fully saturated rings. The van der Waals surface area contributed by atoms with E-state index >= 15 is 8.78 Å². The molecule has 4 aliphatic heterocycles. The Morgan fingerprint density at radius 3 is 2.40 bits per heavy atom. The first kappa shape index (κ1) is 30.6. The summed E-state index contributed by atoms with van der Waals surface area (Å²) >= 11 is 0. The summed E-state index contributed by atoms with van der Waals surface area (Å²) in [6, 6.07) is 3.33. The number of imide groups is 1. The molecule has 9 nitrogen and oxygen atoms in total. The van der Waals surface area contributed by atoms with Gasteiger partial charge in [-0.15, -0.1) is 0 Å². The summed E-state index contributed by atoms with van der Waals surface area (Å²) in [6.45, 7) is 5.09. The lowest BCUT2D eigenvalue weighted by molar-refractivity contribution is -0.173. The maximum absolute atomic E-state index is 15.5. The summed E-state index contributed by atoms with van der Waals surface area (Å²) in [7, 11) is 0. The Bertz CT molecular complexity index is 1370. The first-order valence-corrected chi connectivity index (χ1v) is 16.9. The summed E-state index contributed by atoms with van der Waals surface area (Å²) < 4.78 is 37.3. The summed E-state index contributed by atoms with van der Waals surface area (Å²) in [4.78, 5) is 55.6. The number of carbonyl (C=O) groups is 4. The number of alkyl halides is 2. The molecule has 45 heavy (non-hydrogen) atoms. The van der Waals surface area contributed by atoms with Gasteiger partial charge in [-0.3, -0.25) is 29.4 Å². The Labute approximate surface area is 263 Å². The third kappa shape index (κ3) is 5.63. The molecule has 1 unspecified atom stereocenters. The number of hydrogen-bond donors (Lipinski definition) is 1. The predicted octanol–water partition coefficient (Wildman–Crippen LogP) is 4.13. The van der Waals surface area contributed by atoms with Crippen LogP contribution in [0, 0.1) is 17.3 Å². The molecule has 1 N–H and O–H groups in total. The molecule has 1 aromatic rings. The van der Waals surface area contributed by atoms with Crippen LogP contribution in [0.4, 0.5) is 8.78 Å². The van der Waals surface area contributed by atoms with E-state index in [0.717, 1.165) is 51.6 Å². The van der Waals surface area contributed by atoms with Crippen LogP contribution in [0.15, 0.2) is 18.2 Å². The van der Waals surface area contributed by atoms with Crippen molar-refractivity contribution in [3.8, 4) is 5.75 Å². The fourth-order valence-corrected chi connectivity index (χ4v) is 8.94. The Balaban J connectivity index is 0.969. The first-order chi connectivity index (χ1) is 21.5. The number of likely N-dealkylation sites (tertiary alicyclic amines) is 2. The molecular formula is C34H44F2N4O5. The molecule has 6 aliphatic rings. The van der Waals surface area contributed by atoms with E-state index in [1.165, 1.54) is 4.90 Å². The van der Waals surface area contributed by atoms with Gasteiger partial charge in [0.1, 0.15) is 23.9 Å². The quantitative estimate of drug-likeness (QED) is 0.477. The highest BCUT2D eigenvalue weighted by atomic mass is 19.3. The number of fused-ring (bicyclic) bond motifs is 1. The van der Waals surface area contributed by atoms with E-state index in [4.69, 9.17) is 4.74 Å². The zero-order chi connectivity index (χ0) is 31.5. The molecule has 2 saturated carbocycles. The second kappa shape index (κ2) is 11.6. The standard InChI is InChI=1S/C34H44F2N4O5/c1-33(12-2-3-13-33)32(44)38-15-10-21(11-16-38)23-18-39(19-23)29-27(5-4-14-34(29,35)36)45-24-6-7-25-22(17-24)20-40(31(25)43)26-8-9-28(41)37-30(26)42/h6-7,17,21,23,26-27,29H,2-5,8-16,18-20H2,1H3,(H,37,41,42)/t26?,27-,29-/m1/s1. The Kier molecular flexibility index (Phi) is 7.89. The van der Waals surface area contributed by atoms with Crippen LogP contribution in [0.5, 0.6) is 5.75 Å². The normalized spacial score (nSPS) is 30.6. The van der Waals surface area contributed by atoms with E-state index in [9.17, 15) is 19.2 Å². The number of nitrogens with zero attached hydrogens (tertiary/aromatic N) is 3. The minimum Gasteiger partial charge on any atom is -0.489 e. The summed E-state index contributed by atoms with van der Waals surface area (Å²) in [5.41, 5.74) is 0.952. The highest BCUT2D eigenvalue weighted by molar-refractivity contribution is 6.05. The lowest BCUT2D eigenvalue weighted by Crippen LogP contribution is -2.66. The minimum atomic E-state index is -2.87. The van der Waals surface area contributed by atoms with Crippen LogP contribution in [0.2, 0.25) is 0 Å². The van der Waals surface area contributed by atoms with Crippen LogP contribution in [0.3, 0.4) is 0 Å². The largest absolute Gasteiger partial charge is 0.489 e. The van der Waals surface area contributed by atoms with Crippen molar-refractivity contribution < 1.29 is 32.7 Å². The van der Waals surface area contributed by atoms with E-state index in [1.54, 1.807) is 18.2 Å². The fourth-order valence-electron chi connectivity index (χ4n) is 8.94. The number of benzene rings is 1. The van der Waals surface area contributed by atoms with Gasteiger partial charge in [0, 0.05) is 56.5 Å². The van der Waals surface area contributed by atoms with Gasteiger partial charge >= 0.3 is 0 Å². The lowest BCUT2D eigenvalue weighted by atomic mass is 9.76. The van der Waals surface area contributed by atoms with Gasteiger partial charge in [-0.05, 0) is 80.5 Å². The molecule has 0 spiro atoms. The predicted molar refractivity (Wildman–Crippen MR) is 160 cm³/mol. The number of ether oxygens (including phenoxy) is 1. The van der Waals surface area contributed by atoms with Crippen LogP contribution >= 0.6 is 0 Å². The third-order valence-corrected chi connectivity index (χ3v) is 11.6. The molecule has 3 saturated heterocycles. The van der Waals surface area contributed by atoms with E-state index in [-0.39, 0.29) is 43.0 Å². The van der Waals surface area contributed by atoms with Crippen molar-refractivity contribution in [2.45, 2.75) is 108 Å². The Hall–Kier alpha value is -3.08. The van der Waals surface area contributed by atoms with Crippen molar-refractivity contribution in [2.24, 2.45) is 17.3 Å². The molecule has 4 heterocycles. The number of rotatable bonds is 6. The highest BCUT2D eigenvalue weighted by Crippen LogP contribution is 2.45. The van der Waals surface area contributed by atoms with Gasteiger partial charge in [0.2, 0.25) is 17.7 Å². The molecular weight excluding hydrogens is 582 g/mol. The van der Waals surface area contributed by atoms with Gasteiger partial charge in [0.25, 0.3) is 11.8 Å². The second-order valence-corrected chi connectivity index (χ2v) is 14.6. The zero-order valence-electron chi connectivity index (χ0n) is 26.1. The Morgan fingerprint density at radius 1 is 0.956 bits per heavy atom. The van der Waals surface area contributed by atoms with Gasteiger partial charge in [-0.2, -0.15) is 0 Å². The molecule has 7 rings (SSSR count). The number of nitrogens with one attached hydrogen (secondary N) is 1. The molecule has 2 aliphatic carbocycles. The number of hydrogen-bond acceptors (Lipinski definition) is 6. The van der Waals surface area contributed by atoms with E-state index in [0.29, 0.717) is 60.6 Å². The number of carbonyl (C=O) groups excluding carboxylic acids is 4. The molecule has 244 valence electrons. The number of piperidine rings is 2. The Morgan fingerprint density at radius 2 is 1.69 bits per heavy atom. The third-order valence-electron chi connectivity index (χ3n) is 11.6. The van der Waals surface area contributed by atoms with Gasteiger partial charge < -0.3 is 14.5 Å². The summed E-state index contributed by atoms with van der Waals surface area (Å²) in [5, 5.41) is 2.31. The smallest absolute Gasteiger partial charge is 0.266 e. The summed E-state index contributed by atoms with van der Waals surface area (Å²) in [6.07, 6.45) is 6.61. The van der Waals surface area contributed by atoms with Crippen molar-refractivity contribution in [2.75, 3.05) is 26.2 Å². The van der Waals surface area contributed by atoms with E-state index < -0.39 is 30.0 Å². The first-order valence-electron chi connectivity index (χ1n) is 16.9. The molecule has 1 aromatic carbocycles. The maximum atomic E-state index is 15.5. The van der Waals surface area contributed by atoms with Crippen molar-refractivity contribution in [3.63, 3.8) is 0 Å². The van der Waals surface area contributed by atoms with Gasteiger partial charge in [-0.25, -0.2) is 8.78 Å². The molecule has 4 amide bonds. The van der Waals surface area contributed by atoms with Crippen molar-refractivity contribution >= 4 is 23.6 Å². The van der Waals surface area contributed by atoms with Gasteiger partial charge in [0.05, 0.1) is 0 Å². The SMILES string of the molecule is CC1(C(=O)N2CCC(C3CN([C@@H]4[C@H](Oc5ccc6c(c5)CN(C5CCC(=O)NC5=O)C6=O)CCCC4(F)F)C3)CC2)CCCC1. The second-order valence-electron chi connectivity index (χ2n) is 14.6. The molecule has 0 radical (unpaired) electrons. The summed E-state index contributed by atoms with van der Waals surface area (Å²) in [5.74, 6) is -2.40. The lowest BCUT2D eigenvalue weighted by Gasteiger charge is -2.53.